The van der Waals surface area contributed by atoms with Crippen LogP contribution >= 0.6 is 0 Å². The van der Waals surface area contributed by atoms with Gasteiger partial charge in [0.1, 0.15) is 0 Å². The molecule has 0 amide bonds. The van der Waals surface area contributed by atoms with Crippen LogP contribution in [0.2, 0.25) is 0 Å². The van der Waals surface area contributed by atoms with E-state index in [1.54, 1.807) is 0 Å². The second kappa shape index (κ2) is 13.4. The number of pyridine rings is 2. The van der Waals surface area contributed by atoms with Gasteiger partial charge in [0.25, 0.3) is 0 Å². The molecule has 252 valence electrons. The van der Waals surface area contributed by atoms with Crippen LogP contribution in [0.1, 0.15) is 0 Å². The van der Waals surface area contributed by atoms with Gasteiger partial charge in [-0.1, -0.05) is 176 Å². The highest BCUT2D eigenvalue weighted by molar-refractivity contribution is 6.06. The van der Waals surface area contributed by atoms with Crippen LogP contribution < -0.4 is 0 Å². The molecular formula is C50H32N4. The highest BCUT2D eigenvalue weighted by Gasteiger charge is 2.15. The molecule has 0 atom stereocenters. The number of nitrogens with zero attached hydrogens (tertiary/aromatic N) is 4. The quantitative estimate of drug-likeness (QED) is 0.163. The fourth-order valence-corrected chi connectivity index (χ4v) is 7.35. The summed E-state index contributed by atoms with van der Waals surface area (Å²) in [4.78, 5) is 20.4. The Morgan fingerprint density at radius 1 is 0.259 bits per heavy atom. The summed E-state index contributed by atoms with van der Waals surface area (Å²) >= 11 is 0. The van der Waals surface area contributed by atoms with Crippen molar-refractivity contribution in [3.05, 3.63) is 194 Å². The summed E-state index contributed by atoms with van der Waals surface area (Å²) in [6, 6.07) is 67.4. The van der Waals surface area contributed by atoms with Crippen LogP contribution in [-0.4, -0.2) is 19.9 Å². The van der Waals surface area contributed by atoms with Crippen molar-refractivity contribution in [3.63, 3.8) is 0 Å². The molecule has 3 heterocycles. The summed E-state index contributed by atoms with van der Waals surface area (Å²) in [5.74, 6) is 0.707. The van der Waals surface area contributed by atoms with E-state index in [1.165, 1.54) is 5.39 Å². The van der Waals surface area contributed by atoms with Gasteiger partial charge < -0.3 is 0 Å². The third-order valence-corrected chi connectivity index (χ3v) is 10.1. The first-order valence-electron chi connectivity index (χ1n) is 18.1. The predicted molar refractivity (Wildman–Crippen MR) is 223 cm³/mol. The van der Waals surface area contributed by atoms with E-state index >= 15 is 0 Å². The van der Waals surface area contributed by atoms with Crippen LogP contribution in [0.15, 0.2) is 194 Å². The third-order valence-electron chi connectivity index (χ3n) is 10.1. The zero-order valence-electron chi connectivity index (χ0n) is 29.3. The molecular weight excluding hydrogens is 657 g/mol. The topological polar surface area (TPSA) is 51.6 Å². The van der Waals surface area contributed by atoms with Gasteiger partial charge in [0.2, 0.25) is 0 Å². The van der Waals surface area contributed by atoms with Crippen LogP contribution in [-0.2, 0) is 0 Å². The molecule has 10 aromatic rings. The Balaban J connectivity index is 1.04. The first kappa shape index (κ1) is 31.4. The van der Waals surface area contributed by atoms with Gasteiger partial charge in [0.15, 0.2) is 5.82 Å². The summed E-state index contributed by atoms with van der Waals surface area (Å²) < 4.78 is 0. The standard InChI is InChI=1S/C50H32N4/c1-4-12-34(13-5-1)44-30-26-37-24-25-38-27-31-45(52-49(38)48(37)51-44)36-22-20-33(21-23-36)40-28-29-43(42-19-11-10-18-41(40)42)47-32-46(35-14-6-2-7-15-35)53-50(54-47)39-16-8-3-9-17-39/h1-32H. The molecule has 4 heteroatoms. The van der Waals surface area contributed by atoms with E-state index in [9.17, 15) is 0 Å². The minimum Gasteiger partial charge on any atom is -0.245 e. The predicted octanol–water partition coefficient (Wildman–Crippen LogP) is 12.7. The van der Waals surface area contributed by atoms with Gasteiger partial charge in [-0.05, 0) is 40.1 Å². The van der Waals surface area contributed by atoms with Gasteiger partial charge in [-0.3, -0.25) is 0 Å². The third kappa shape index (κ3) is 5.76. The van der Waals surface area contributed by atoms with Gasteiger partial charge in [-0.15, -0.1) is 0 Å². The van der Waals surface area contributed by atoms with Crippen LogP contribution in [0.3, 0.4) is 0 Å². The highest BCUT2D eigenvalue weighted by atomic mass is 14.9. The normalized spacial score (nSPS) is 11.3. The smallest absolute Gasteiger partial charge is 0.160 e. The van der Waals surface area contributed by atoms with Crippen molar-refractivity contribution in [1.82, 2.24) is 19.9 Å². The Morgan fingerprint density at radius 2 is 0.685 bits per heavy atom. The molecule has 0 spiro atoms. The molecule has 0 saturated carbocycles. The Labute approximate surface area is 313 Å². The molecule has 0 bridgehead atoms. The summed E-state index contributed by atoms with van der Waals surface area (Å²) in [5.41, 5.74) is 13.0. The molecule has 3 aromatic heterocycles. The van der Waals surface area contributed by atoms with Crippen molar-refractivity contribution in [2.24, 2.45) is 0 Å². The molecule has 0 unspecified atom stereocenters. The van der Waals surface area contributed by atoms with Crippen LogP contribution in [0.25, 0.3) is 100 Å². The fourth-order valence-electron chi connectivity index (χ4n) is 7.35. The van der Waals surface area contributed by atoms with Gasteiger partial charge in [-0.25, -0.2) is 19.9 Å². The van der Waals surface area contributed by atoms with Crippen molar-refractivity contribution >= 4 is 32.6 Å². The molecule has 4 nitrogen and oxygen atoms in total. The Kier molecular flexibility index (Phi) is 7.77. The molecule has 10 rings (SSSR count). The van der Waals surface area contributed by atoms with E-state index in [2.05, 4.69) is 140 Å². The maximum Gasteiger partial charge on any atom is 0.160 e. The van der Waals surface area contributed by atoms with Crippen molar-refractivity contribution in [2.45, 2.75) is 0 Å². The minimum absolute atomic E-state index is 0.707. The number of rotatable bonds is 6. The maximum atomic E-state index is 5.19. The fraction of sp³-hybridized carbons (Fsp3) is 0. The number of aromatic nitrogens is 4. The lowest BCUT2D eigenvalue weighted by molar-refractivity contribution is 1.18. The number of hydrogen-bond acceptors (Lipinski definition) is 4. The Bertz CT molecular complexity index is 2900. The van der Waals surface area contributed by atoms with Crippen molar-refractivity contribution in [2.75, 3.05) is 0 Å². The minimum atomic E-state index is 0.707. The highest BCUT2D eigenvalue weighted by Crippen LogP contribution is 2.38. The summed E-state index contributed by atoms with van der Waals surface area (Å²) in [5, 5.41) is 4.45. The average Bonchev–Trinajstić information content (AvgIpc) is 3.26. The summed E-state index contributed by atoms with van der Waals surface area (Å²) in [6.07, 6.45) is 0. The monoisotopic (exact) mass is 688 g/mol. The number of fused-ring (bicyclic) bond motifs is 4. The lowest BCUT2D eigenvalue weighted by Crippen LogP contribution is -1.96. The van der Waals surface area contributed by atoms with E-state index in [0.717, 1.165) is 88.9 Å². The number of hydrogen-bond donors (Lipinski definition) is 0. The lowest BCUT2D eigenvalue weighted by Gasteiger charge is -2.14. The SMILES string of the molecule is c1ccc(-c2cc(-c3ccc(-c4ccc(-c5ccc6ccc7ccc(-c8ccccc8)nc7c6n5)cc4)c4ccccc34)nc(-c3ccccc3)n2)cc1. The van der Waals surface area contributed by atoms with Gasteiger partial charge >= 0.3 is 0 Å². The Morgan fingerprint density at radius 3 is 1.28 bits per heavy atom. The maximum absolute atomic E-state index is 5.19. The molecule has 0 radical (unpaired) electrons. The number of benzene rings is 7. The summed E-state index contributed by atoms with van der Waals surface area (Å²) in [7, 11) is 0. The second-order valence-corrected chi connectivity index (χ2v) is 13.4. The van der Waals surface area contributed by atoms with E-state index in [1.807, 2.05) is 54.6 Å². The van der Waals surface area contributed by atoms with Crippen molar-refractivity contribution < 1.29 is 0 Å². The molecule has 7 aromatic carbocycles. The first-order valence-corrected chi connectivity index (χ1v) is 18.1. The van der Waals surface area contributed by atoms with Crippen LogP contribution in [0.4, 0.5) is 0 Å². The molecule has 54 heavy (non-hydrogen) atoms. The molecule has 0 aliphatic heterocycles. The molecule has 0 N–H and O–H groups in total. The molecule has 0 fully saturated rings. The van der Waals surface area contributed by atoms with Gasteiger partial charge in [0.05, 0.1) is 33.8 Å². The second-order valence-electron chi connectivity index (χ2n) is 13.4. The van der Waals surface area contributed by atoms with Gasteiger partial charge in [0, 0.05) is 38.6 Å². The molecule has 0 aliphatic carbocycles. The van der Waals surface area contributed by atoms with E-state index in [0.29, 0.717) is 5.82 Å². The largest absolute Gasteiger partial charge is 0.245 e. The van der Waals surface area contributed by atoms with E-state index in [-0.39, 0.29) is 0 Å². The Hall–Kier alpha value is -7.30. The lowest BCUT2D eigenvalue weighted by atomic mass is 9.92. The zero-order chi connectivity index (χ0) is 35.8. The van der Waals surface area contributed by atoms with Gasteiger partial charge in [-0.2, -0.15) is 0 Å². The summed E-state index contributed by atoms with van der Waals surface area (Å²) in [6.45, 7) is 0. The zero-order valence-corrected chi connectivity index (χ0v) is 29.3. The van der Waals surface area contributed by atoms with E-state index in [4.69, 9.17) is 19.9 Å². The average molecular weight is 689 g/mol. The molecule has 0 saturated heterocycles. The van der Waals surface area contributed by atoms with Crippen molar-refractivity contribution in [3.8, 4) is 67.5 Å². The van der Waals surface area contributed by atoms with Crippen LogP contribution in [0, 0.1) is 0 Å². The van der Waals surface area contributed by atoms with Crippen molar-refractivity contribution in [1.29, 1.82) is 0 Å². The molecule has 0 aliphatic rings. The van der Waals surface area contributed by atoms with Crippen LogP contribution in [0.5, 0.6) is 0 Å². The van der Waals surface area contributed by atoms with E-state index < -0.39 is 0 Å². The first-order chi connectivity index (χ1) is 26.7.